The minimum atomic E-state index is -0.0556. The first-order valence-electron chi connectivity index (χ1n) is 3.75. The van der Waals surface area contributed by atoms with Gasteiger partial charge in [-0.2, -0.15) is 0 Å². The van der Waals surface area contributed by atoms with Crippen molar-refractivity contribution < 1.29 is 4.74 Å². The third kappa shape index (κ3) is 1.94. The summed E-state index contributed by atoms with van der Waals surface area (Å²) in [7, 11) is 1.71. The first-order valence-corrected chi connectivity index (χ1v) is 3.75. The van der Waals surface area contributed by atoms with Gasteiger partial charge in [-0.25, -0.2) is 0 Å². The second-order valence-corrected chi connectivity index (χ2v) is 3.05. The second-order valence-electron chi connectivity index (χ2n) is 3.05. The summed E-state index contributed by atoms with van der Waals surface area (Å²) >= 11 is 0. The van der Waals surface area contributed by atoms with Crippen molar-refractivity contribution in [2.24, 2.45) is 5.73 Å². The zero-order valence-corrected chi connectivity index (χ0v) is 6.52. The third-order valence-corrected chi connectivity index (χ3v) is 2.03. The Kier molecular flexibility index (Phi) is 2.65. The fourth-order valence-electron chi connectivity index (χ4n) is 1.36. The largest absolute Gasteiger partial charge is 0.383 e. The van der Waals surface area contributed by atoms with Crippen molar-refractivity contribution in [2.45, 2.75) is 18.4 Å². The highest BCUT2D eigenvalue weighted by Gasteiger charge is 2.26. The number of hydrogen-bond donors (Lipinski definition) is 2. The van der Waals surface area contributed by atoms with Crippen molar-refractivity contribution in [1.29, 1.82) is 0 Å². The molecule has 1 aliphatic heterocycles. The molecule has 10 heavy (non-hydrogen) atoms. The fraction of sp³-hybridized carbons (Fsp3) is 1.00. The molecular formula is C7H16N2O. The van der Waals surface area contributed by atoms with Crippen molar-refractivity contribution >= 4 is 0 Å². The number of nitrogens with two attached hydrogens (primary N) is 1. The monoisotopic (exact) mass is 144 g/mol. The van der Waals surface area contributed by atoms with Gasteiger partial charge in [0.1, 0.15) is 0 Å². The molecule has 0 radical (unpaired) electrons. The maximum atomic E-state index is 6.00. The van der Waals surface area contributed by atoms with Crippen LogP contribution in [0, 0.1) is 0 Å². The molecule has 0 aromatic heterocycles. The Morgan fingerprint density at radius 1 is 1.50 bits per heavy atom. The lowest BCUT2D eigenvalue weighted by molar-refractivity contribution is 0.112. The molecule has 1 fully saturated rings. The van der Waals surface area contributed by atoms with Crippen molar-refractivity contribution in [3.8, 4) is 0 Å². The smallest absolute Gasteiger partial charge is 0.0643 e. The molecule has 3 N–H and O–H groups in total. The summed E-state index contributed by atoms with van der Waals surface area (Å²) in [4.78, 5) is 0. The molecule has 1 heterocycles. The summed E-state index contributed by atoms with van der Waals surface area (Å²) in [5, 5.41) is 3.26. The normalized spacial score (nSPS) is 24.6. The molecular weight excluding hydrogens is 128 g/mol. The maximum Gasteiger partial charge on any atom is 0.0643 e. The molecule has 3 nitrogen and oxygen atoms in total. The van der Waals surface area contributed by atoms with Gasteiger partial charge in [-0.05, 0) is 25.9 Å². The van der Waals surface area contributed by atoms with Crippen molar-refractivity contribution in [3.63, 3.8) is 0 Å². The van der Waals surface area contributed by atoms with Crippen LogP contribution in [0.15, 0.2) is 0 Å². The number of hydrogen-bond acceptors (Lipinski definition) is 3. The topological polar surface area (TPSA) is 47.3 Å². The Labute approximate surface area is 61.9 Å². The molecule has 0 saturated carbocycles. The molecule has 1 rings (SSSR count). The van der Waals surface area contributed by atoms with Crippen LogP contribution in [0.5, 0.6) is 0 Å². The van der Waals surface area contributed by atoms with E-state index in [9.17, 15) is 0 Å². The van der Waals surface area contributed by atoms with E-state index in [1.165, 1.54) is 0 Å². The zero-order chi connectivity index (χ0) is 7.45. The van der Waals surface area contributed by atoms with Gasteiger partial charge in [0.2, 0.25) is 0 Å². The lowest BCUT2D eigenvalue weighted by Gasteiger charge is -2.32. The Morgan fingerprint density at radius 3 is 2.60 bits per heavy atom. The minimum absolute atomic E-state index is 0.0556. The highest BCUT2D eigenvalue weighted by molar-refractivity contribution is 4.88. The number of piperidine rings is 1. The summed E-state index contributed by atoms with van der Waals surface area (Å²) in [6.45, 7) is 2.74. The van der Waals surface area contributed by atoms with Gasteiger partial charge in [-0.15, -0.1) is 0 Å². The Bertz CT molecular complexity index is 94.3. The van der Waals surface area contributed by atoms with Gasteiger partial charge in [-0.3, -0.25) is 0 Å². The van der Waals surface area contributed by atoms with Gasteiger partial charge in [0.05, 0.1) is 6.61 Å². The Balaban J connectivity index is 2.32. The van der Waals surface area contributed by atoms with Crippen molar-refractivity contribution in [2.75, 3.05) is 26.8 Å². The predicted octanol–water partition coefficient (Wildman–Crippen LogP) is -0.286. The second kappa shape index (κ2) is 3.32. The summed E-state index contributed by atoms with van der Waals surface area (Å²) in [5.41, 5.74) is 5.95. The van der Waals surface area contributed by atoms with Gasteiger partial charge in [0, 0.05) is 12.6 Å². The SMILES string of the molecule is COCC1(N)CCNCC1. The average Bonchev–Trinajstić information content (AvgIpc) is 1.89. The minimum Gasteiger partial charge on any atom is -0.383 e. The van der Waals surface area contributed by atoms with E-state index in [1.54, 1.807) is 7.11 Å². The third-order valence-electron chi connectivity index (χ3n) is 2.03. The van der Waals surface area contributed by atoms with Crippen LogP contribution in [0.1, 0.15) is 12.8 Å². The lowest BCUT2D eigenvalue weighted by atomic mass is 9.91. The summed E-state index contributed by atoms with van der Waals surface area (Å²) in [6, 6.07) is 0. The predicted molar refractivity (Wildman–Crippen MR) is 40.9 cm³/mol. The van der Waals surface area contributed by atoms with Gasteiger partial charge in [-0.1, -0.05) is 0 Å². The van der Waals surface area contributed by atoms with Crippen LogP contribution in [-0.4, -0.2) is 32.3 Å². The zero-order valence-electron chi connectivity index (χ0n) is 6.52. The van der Waals surface area contributed by atoms with Crippen LogP contribution < -0.4 is 11.1 Å². The van der Waals surface area contributed by atoms with Crippen LogP contribution in [0.4, 0.5) is 0 Å². The first-order chi connectivity index (χ1) is 4.77. The van der Waals surface area contributed by atoms with Crippen LogP contribution in [0.25, 0.3) is 0 Å². The maximum absolute atomic E-state index is 6.00. The number of nitrogens with one attached hydrogen (secondary N) is 1. The van der Waals surface area contributed by atoms with Gasteiger partial charge < -0.3 is 15.8 Å². The molecule has 0 aromatic rings. The summed E-state index contributed by atoms with van der Waals surface area (Å²) in [5.74, 6) is 0. The molecule has 0 amide bonds. The lowest BCUT2D eigenvalue weighted by Crippen LogP contribution is -2.51. The van der Waals surface area contributed by atoms with Crippen LogP contribution in [-0.2, 0) is 4.74 Å². The molecule has 1 saturated heterocycles. The first kappa shape index (κ1) is 7.98. The highest BCUT2D eigenvalue weighted by Crippen LogP contribution is 2.14. The van der Waals surface area contributed by atoms with E-state index in [4.69, 9.17) is 10.5 Å². The quantitative estimate of drug-likeness (QED) is 0.560. The summed E-state index contributed by atoms with van der Waals surface area (Å²) < 4.78 is 5.03. The van der Waals surface area contributed by atoms with E-state index in [2.05, 4.69) is 5.32 Å². The van der Waals surface area contributed by atoms with Crippen molar-refractivity contribution in [3.05, 3.63) is 0 Å². The number of methoxy groups -OCH3 is 1. The van der Waals surface area contributed by atoms with Crippen LogP contribution in [0.2, 0.25) is 0 Å². The van der Waals surface area contributed by atoms with E-state index in [1.807, 2.05) is 0 Å². The number of rotatable bonds is 2. The Hall–Kier alpha value is -0.120. The van der Waals surface area contributed by atoms with E-state index in [0.29, 0.717) is 6.61 Å². The molecule has 3 heteroatoms. The molecule has 0 bridgehead atoms. The molecule has 60 valence electrons. The van der Waals surface area contributed by atoms with Gasteiger partial charge in [0.25, 0.3) is 0 Å². The molecule has 0 unspecified atom stereocenters. The van der Waals surface area contributed by atoms with Gasteiger partial charge >= 0.3 is 0 Å². The molecule has 1 aliphatic rings. The summed E-state index contributed by atoms with van der Waals surface area (Å²) in [6.07, 6.45) is 2.06. The average molecular weight is 144 g/mol. The standard InChI is InChI=1S/C7H16N2O/c1-10-6-7(8)2-4-9-5-3-7/h9H,2-6,8H2,1H3. The van der Waals surface area contributed by atoms with E-state index in [-0.39, 0.29) is 5.54 Å². The molecule has 0 aromatic carbocycles. The van der Waals surface area contributed by atoms with E-state index >= 15 is 0 Å². The van der Waals surface area contributed by atoms with Gasteiger partial charge in [0.15, 0.2) is 0 Å². The van der Waals surface area contributed by atoms with Crippen LogP contribution >= 0.6 is 0 Å². The Morgan fingerprint density at radius 2 is 2.10 bits per heavy atom. The molecule has 0 aliphatic carbocycles. The highest BCUT2D eigenvalue weighted by atomic mass is 16.5. The fourth-order valence-corrected chi connectivity index (χ4v) is 1.36. The van der Waals surface area contributed by atoms with E-state index in [0.717, 1.165) is 25.9 Å². The van der Waals surface area contributed by atoms with E-state index < -0.39 is 0 Å². The molecule has 0 atom stereocenters. The van der Waals surface area contributed by atoms with Crippen LogP contribution in [0.3, 0.4) is 0 Å². The number of ether oxygens (including phenoxy) is 1. The van der Waals surface area contributed by atoms with Crippen molar-refractivity contribution in [1.82, 2.24) is 5.32 Å². The molecule has 0 spiro atoms.